The molecular weight excluding hydrogens is 372 g/mol. The number of fused-ring (bicyclic) bond motifs is 1. The van der Waals surface area contributed by atoms with Gasteiger partial charge in [0.25, 0.3) is 5.91 Å². The molecule has 2 aromatic rings. The number of nitrogens with zero attached hydrogens (tertiary/aromatic N) is 1. The van der Waals surface area contributed by atoms with Gasteiger partial charge in [0.2, 0.25) is 5.91 Å². The van der Waals surface area contributed by atoms with Gasteiger partial charge in [-0.15, -0.1) is 11.3 Å². The number of thiophene rings is 1. The maximum atomic E-state index is 13.1. The fourth-order valence-corrected chi connectivity index (χ4v) is 4.29. The summed E-state index contributed by atoms with van der Waals surface area (Å²) in [4.78, 5) is 27.9. The Bertz CT molecular complexity index is 950. The second-order valence-electron chi connectivity index (χ2n) is 6.74. The van der Waals surface area contributed by atoms with Gasteiger partial charge in [-0.3, -0.25) is 14.5 Å². The predicted molar refractivity (Wildman–Crippen MR) is 103 cm³/mol. The number of carbonyl (C=O) groups is 2. The summed E-state index contributed by atoms with van der Waals surface area (Å²) < 4.78 is 23.6. The van der Waals surface area contributed by atoms with Crippen molar-refractivity contribution in [3.8, 4) is 0 Å². The Morgan fingerprint density at radius 3 is 2.62 bits per heavy atom. The van der Waals surface area contributed by atoms with Crippen LogP contribution in [0.3, 0.4) is 0 Å². The van der Waals surface area contributed by atoms with Gasteiger partial charge in [0.05, 0.1) is 21.1 Å². The third kappa shape index (κ3) is 3.52. The Kier molecular flexibility index (Phi) is 4.90. The normalized spacial score (nSPS) is 17.2. The van der Waals surface area contributed by atoms with Crippen LogP contribution in [-0.4, -0.2) is 32.5 Å². The number of anilines is 2. The van der Waals surface area contributed by atoms with Gasteiger partial charge in [-0.25, -0.2) is 8.42 Å². The molecule has 1 aliphatic heterocycles. The van der Waals surface area contributed by atoms with E-state index >= 15 is 0 Å². The molecule has 1 atom stereocenters. The molecule has 2 amide bonds. The smallest absolute Gasteiger partial charge is 0.269 e. The lowest BCUT2D eigenvalue weighted by Gasteiger charge is -2.37. The summed E-state index contributed by atoms with van der Waals surface area (Å²) in [6, 6.07) is 7.32. The molecule has 0 saturated carbocycles. The van der Waals surface area contributed by atoms with E-state index < -0.39 is 15.9 Å². The first kappa shape index (κ1) is 18.6. The van der Waals surface area contributed by atoms with E-state index in [0.717, 1.165) is 6.26 Å². The van der Waals surface area contributed by atoms with E-state index in [-0.39, 0.29) is 22.6 Å². The van der Waals surface area contributed by atoms with Crippen molar-refractivity contribution in [1.82, 2.24) is 0 Å². The largest absolute Gasteiger partial charge is 0.322 e. The highest BCUT2D eigenvalue weighted by Crippen LogP contribution is 2.37. The first-order valence-corrected chi connectivity index (χ1v) is 11.0. The molecule has 1 aromatic heterocycles. The molecule has 0 saturated heterocycles. The van der Waals surface area contributed by atoms with E-state index in [1.54, 1.807) is 18.2 Å². The van der Waals surface area contributed by atoms with E-state index in [1.807, 2.05) is 19.2 Å². The van der Waals surface area contributed by atoms with Gasteiger partial charge in [-0.05, 0) is 42.0 Å². The van der Waals surface area contributed by atoms with Gasteiger partial charge in [0, 0.05) is 6.26 Å². The van der Waals surface area contributed by atoms with Crippen LogP contribution in [0.1, 0.15) is 29.9 Å². The summed E-state index contributed by atoms with van der Waals surface area (Å²) in [5, 5.41) is 4.57. The molecule has 2 heterocycles. The highest BCUT2D eigenvalue weighted by molar-refractivity contribution is 7.90. The Labute approximate surface area is 156 Å². The van der Waals surface area contributed by atoms with Gasteiger partial charge in [-0.1, -0.05) is 19.9 Å². The highest BCUT2D eigenvalue weighted by Gasteiger charge is 2.38. The molecule has 0 fully saturated rings. The second kappa shape index (κ2) is 6.85. The topological polar surface area (TPSA) is 83.6 Å². The predicted octanol–water partition coefficient (Wildman–Crippen LogP) is 3.17. The first-order valence-electron chi connectivity index (χ1n) is 8.20. The van der Waals surface area contributed by atoms with E-state index in [9.17, 15) is 18.0 Å². The minimum atomic E-state index is -3.42. The Balaban J connectivity index is 2.13. The summed E-state index contributed by atoms with van der Waals surface area (Å²) in [5.74, 6) is -0.350. The molecule has 1 N–H and O–H groups in total. The zero-order chi connectivity index (χ0) is 19.1. The summed E-state index contributed by atoms with van der Waals surface area (Å²) in [5.41, 5.74) is 0.851. The third-order valence-electron chi connectivity index (χ3n) is 4.17. The summed E-state index contributed by atoms with van der Waals surface area (Å²) in [6.07, 6.45) is 1.62. The number of amides is 2. The molecule has 0 spiro atoms. The lowest BCUT2D eigenvalue weighted by Crippen LogP contribution is -2.51. The van der Waals surface area contributed by atoms with Crippen LogP contribution in [0, 0.1) is 5.92 Å². The molecule has 26 heavy (non-hydrogen) atoms. The van der Waals surface area contributed by atoms with Crippen LogP contribution in [0.4, 0.5) is 11.4 Å². The maximum absolute atomic E-state index is 13.1. The average Bonchev–Trinajstić information content (AvgIpc) is 3.07. The number of rotatable bonds is 4. The minimum absolute atomic E-state index is 0.0994. The van der Waals surface area contributed by atoms with E-state index in [1.165, 1.54) is 28.4 Å². The first-order chi connectivity index (χ1) is 12.2. The summed E-state index contributed by atoms with van der Waals surface area (Å²) >= 11 is 1.31. The van der Waals surface area contributed by atoms with Crippen molar-refractivity contribution in [2.75, 3.05) is 16.5 Å². The van der Waals surface area contributed by atoms with Crippen LogP contribution < -0.4 is 10.2 Å². The van der Waals surface area contributed by atoms with Gasteiger partial charge in [0.15, 0.2) is 9.84 Å². The van der Waals surface area contributed by atoms with Crippen LogP contribution >= 0.6 is 11.3 Å². The molecule has 138 valence electrons. The fraction of sp³-hybridized carbons (Fsp3) is 0.333. The minimum Gasteiger partial charge on any atom is -0.322 e. The van der Waals surface area contributed by atoms with Gasteiger partial charge in [-0.2, -0.15) is 0 Å². The van der Waals surface area contributed by atoms with Crippen molar-refractivity contribution in [2.24, 2.45) is 5.92 Å². The molecular formula is C18H20N2O4S2. The van der Waals surface area contributed by atoms with Crippen molar-refractivity contribution < 1.29 is 18.0 Å². The van der Waals surface area contributed by atoms with Crippen LogP contribution in [0.2, 0.25) is 0 Å². The lowest BCUT2D eigenvalue weighted by molar-refractivity contribution is -0.117. The van der Waals surface area contributed by atoms with Gasteiger partial charge < -0.3 is 5.32 Å². The van der Waals surface area contributed by atoms with E-state index in [4.69, 9.17) is 0 Å². The van der Waals surface area contributed by atoms with E-state index in [2.05, 4.69) is 5.32 Å². The Hall–Kier alpha value is -2.19. The third-order valence-corrected chi connectivity index (χ3v) is 6.14. The fourth-order valence-electron chi connectivity index (χ4n) is 2.99. The number of hydrogen-bond donors (Lipinski definition) is 1. The molecule has 0 bridgehead atoms. The SMILES string of the molecule is CC(C)C[C@H]1C(=O)Nc2cc(S(C)(=O)=O)ccc2N1C(=O)c1cccs1. The van der Waals surface area contributed by atoms with Crippen LogP contribution in [0.5, 0.6) is 0 Å². The second-order valence-corrected chi connectivity index (χ2v) is 9.70. The maximum Gasteiger partial charge on any atom is 0.269 e. The van der Waals surface area contributed by atoms with Gasteiger partial charge in [0.1, 0.15) is 6.04 Å². The van der Waals surface area contributed by atoms with Gasteiger partial charge >= 0.3 is 0 Å². The zero-order valence-corrected chi connectivity index (χ0v) is 16.4. The quantitative estimate of drug-likeness (QED) is 0.866. The standard InChI is InChI=1S/C18H20N2O4S2/c1-11(2)9-15-17(21)19-13-10-12(26(3,23)24)6-7-14(13)20(15)18(22)16-5-4-8-25-16/h4-8,10-11,15H,9H2,1-3H3,(H,19,21)/t15-/m0/s1. The molecule has 1 aromatic carbocycles. The van der Waals surface area contributed by atoms with Crippen LogP contribution in [0.15, 0.2) is 40.6 Å². The zero-order valence-electron chi connectivity index (χ0n) is 14.7. The van der Waals surface area contributed by atoms with E-state index in [0.29, 0.717) is 22.7 Å². The number of sulfone groups is 1. The lowest BCUT2D eigenvalue weighted by atomic mass is 9.98. The molecule has 0 unspecified atom stereocenters. The number of carbonyl (C=O) groups excluding carboxylic acids is 2. The molecule has 8 heteroatoms. The van der Waals surface area contributed by atoms with Crippen molar-refractivity contribution >= 4 is 44.4 Å². The van der Waals surface area contributed by atoms with Crippen molar-refractivity contribution in [2.45, 2.75) is 31.2 Å². The average molecular weight is 393 g/mol. The van der Waals surface area contributed by atoms with Crippen molar-refractivity contribution in [3.63, 3.8) is 0 Å². The number of benzene rings is 1. The molecule has 6 nitrogen and oxygen atoms in total. The molecule has 0 aliphatic carbocycles. The Morgan fingerprint density at radius 1 is 1.31 bits per heavy atom. The number of nitrogens with one attached hydrogen (secondary N) is 1. The Morgan fingerprint density at radius 2 is 2.04 bits per heavy atom. The van der Waals surface area contributed by atoms with Crippen molar-refractivity contribution in [3.05, 3.63) is 40.6 Å². The molecule has 0 radical (unpaired) electrons. The van der Waals surface area contributed by atoms with Crippen molar-refractivity contribution in [1.29, 1.82) is 0 Å². The van der Waals surface area contributed by atoms with Crippen LogP contribution in [-0.2, 0) is 14.6 Å². The molecule has 1 aliphatic rings. The monoisotopic (exact) mass is 392 g/mol. The van der Waals surface area contributed by atoms with Crippen LogP contribution in [0.25, 0.3) is 0 Å². The summed E-state index contributed by atoms with van der Waals surface area (Å²) in [7, 11) is -3.42. The molecule has 3 rings (SSSR count). The highest BCUT2D eigenvalue weighted by atomic mass is 32.2. The summed E-state index contributed by atoms with van der Waals surface area (Å²) in [6.45, 7) is 3.98. The number of hydrogen-bond acceptors (Lipinski definition) is 5.